The van der Waals surface area contributed by atoms with Crippen molar-refractivity contribution < 1.29 is 4.79 Å². The number of carbonyl (C=O) groups is 1. The molecule has 0 spiro atoms. The Morgan fingerprint density at radius 2 is 1.70 bits per heavy atom. The number of aromatic nitrogens is 1. The summed E-state index contributed by atoms with van der Waals surface area (Å²) >= 11 is 0. The van der Waals surface area contributed by atoms with Crippen LogP contribution in [0.25, 0.3) is 10.9 Å². The number of pyridine rings is 1. The molecule has 0 bridgehead atoms. The summed E-state index contributed by atoms with van der Waals surface area (Å²) in [5, 5.41) is 6.69. The summed E-state index contributed by atoms with van der Waals surface area (Å²) < 4.78 is 0. The normalized spacial score (nSPS) is 10.7. The van der Waals surface area contributed by atoms with Gasteiger partial charge in [-0.1, -0.05) is 44.2 Å². The molecule has 0 radical (unpaired) electrons. The molecule has 116 valence electrons. The Morgan fingerprint density at radius 1 is 0.957 bits per heavy atom. The van der Waals surface area contributed by atoms with Crippen molar-refractivity contribution >= 4 is 28.3 Å². The third-order valence-corrected chi connectivity index (χ3v) is 3.72. The van der Waals surface area contributed by atoms with E-state index in [1.54, 1.807) is 6.20 Å². The first-order valence-corrected chi connectivity index (χ1v) is 7.65. The van der Waals surface area contributed by atoms with Gasteiger partial charge in [-0.15, -0.1) is 0 Å². The molecule has 0 unspecified atom stereocenters. The van der Waals surface area contributed by atoms with Gasteiger partial charge in [-0.25, -0.2) is 4.79 Å². The summed E-state index contributed by atoms with van der Waals surface area (Å²) in [6, 6.07) is 17.2. The second-order valence-corrected chi connectivity index (χ2v) is 5.74. The summed E-state index contributed by atoms with van der Waals surface area (Å²) in [5.74, 6) is 0.472. The molecule has 0 aliphatic carbocycles. The van der Waals surface area contributed by atoms with E-state index in [0.29, 0.717) is 11.6 Å². The number of para-hydroxylation sites is 1. The smallest absolute Gasteiger partial charge is 0.308 e. The lowest BCUT2D eigenvalue weighted by Crippen LogP contribution is -2.19. The van der Waals surface area contributed by atoms with Crippen molar-refractivity contribution in [3.05, 3.63) is 66.4 Å². The van der Waals surface area contributed by atoms with E-state index in [9.17, 15) is 4.79 Å². The van der Waals surface area contributed by atoms with Crippen LogP contribution in [0.5, 0.6) is 0 Å². The predicted octanol–water partition coefficient (Wildman–Crippen LogP) is 5.00. The molecule has 2 N–H and O–H groups in total. The molecule has 0 saturated heterocycles. The Balaban J connectivity index is 1.73. The van der Waals surface area contributed by atoms with Gasteiger partial charge in [0.25, 0.3) is 0 Å². The zero-order valence-corrected chi connectivity index (χ0v) is 13.2. The molecular weight excluding hydrogens is 286 g/mol. The van der Waals surface area contributed by atoms with Gasteiger partial charge in [0, 0.05) is 17.3 Å². The second-order valence-electron chi connectivity index (χ2n) is 5.74. The van der Waals surface area contributed by atoms with Gasteiger partial charge in [-0.3, -0.25) is 4.98 Å². The van der Waals surface area contributed by atoms with Crippen LogP contribution < -0.4 is 10.6 Å². The number of urea groups is 1. The van der Waals surface area contributed by atoms with E-state index in [1.807, 2.05) is 54.6 Å². The van der Waals surface area contributed by atoms with E-state index < -0.39 is 0 Å². The first kappa shape index (κ1) is 15.0. The van der Waals surface area contributed by atoms with Crippen LogP contribution in [-0.2, 0) is 0 Å². The van der Waals surface area contributed by atoms with Crippen LogP contribution in [0.2, 0.25) is 0 Å². The zero-order valence-electron chi connectivity index (χ0n) is 13.2. The molecule has 23 heavy (non-hydrogen) atoms. The molecule has 3 aromatic rings. The first-order valence-electron chi connectivity index (χ1n) is 7.65. The Hall–Kier alpha value is -2.88. The molecule has 4 heteroatoms. The minimum atomic E-state index is -0.277. The minimum Gasteiger partial charge on any atom is -0.308 e. The Labute approximate surface area is 135 Å². The molecule has 0 aliphatic rings. The maximum absolute atomic E-state index is 12.2. The van der Waals surface area contributed by atoms with E-state index >= 15 is 0 Å². The van der Waals surface area contributed by atoms with Crippen LogP contribution in [0, 0.1) is 0 Å². The van der Waals surface area contributed by atoms with Gasteiger partial charge in [0.1, 0.15) is 0 Å². The van der Waals surface area contributed by atoms with Crippen molar-refractivity contribution in [3.8, 4) is 0 Å². The minimum absolute atomic E-state index is 0.277. The summed E-state index contributed by atoms with van der Waals surface area (Å²) in [6.45, 7) is 4.28. The van der Waals surface area contributed by atoms with Crippen molar-refractivity contribution in [3.63, 3.8) is 0 Å². The van der Waals surface area contributed by atoms with Gasteiger partial charge in [0.15, 0.2) is 0 Å². The van der Waals surface area contributed by atoms with Crippen LogP contribution in [0.1, 0.15) is 25.3 Å². The van der Waals surface area contributed by atoms with Crippen molar-refractivity contribution in [1.29, 1.82) is 0 Å². The molecule has 2 amide bonds. The van der Waals surface area contributed by atoms with Crippen LogP contribution in [0.15, 0.2) is 60.8 Å². The maximum atomic E-state index is 12.2. The van der Waals surface area contributed by atoms with Crippen LogP contribution in [0.3, 0.4) is 0 Å². The van der Waals surface area contributed by atoms with E-state index in [1.165, 1.54) is 5.56 Å². The summed E-state index contributed by atoms with van der Waals surface area (Å²) in [4.78, 5) is 16.5. The highest BCUT2D eigenvalue weighted by Gasteiger charge is 2.07. The topological polar surface area (TPSA) is 54.0 Å². The number of carbonyl (C=O) groups excluding carboxylic acids is 1. The van der Waals surface area contributed by atoms with Gasteiger partial charge in [-0.2, -0.15) is 0 Å². The van der Waals surface area contributed by atoms with Gasteiger partial charge in [0.05, 0.1) is 11.2 Å². The monoisotopic (exact) mass is 305 g/mol. The van der Waals surface area contributed by atoms with Gasteiger partial charge < -0.3 is 10.6 Å². The van der Waals surface area contributed by atoms with E-state index in [2.05, 4.69) is 29.5 Å². The quantitative estimate of drug-likeness (QED) is 0.715. The Kier molecular flexibility index (Phi) is 4.24. The molecular formula is C19H19N3O. The van der Waals surface area contributed by atoms with Crippen LogP contribution in [0.4, 0.5) is 16.2 Å². The fourth-order valence-electron chi connectivity index (χ4n) is 2.44. The molecule has 0 fully saturated rings. The number of nitrogens with zero attached hydrogens (tertiary/aromatic N) is 1. The Morgan fingerprint density at radius 3 is 2.43 bits per heavy atom. The largest absolute Gasteiger partial charge is 0.323 e. The van der Waals surface area contributed by atoms with E-state index in [4.69, 9.17) is 0 Å². The van der Waals surface area contributed by atoms with Crippen LogP contribution >= 0.6 is 0 Å². The van der Waals surface area contributed by atoms with Gasteiger partial charge in [0.2, 0.25) is 0 Å². The summed E-state index contributed by atoms with van der Waals surface area (Å²) in [6.07, 6.45) is 1.72. The van der Waals surface area contributed by atoms with E-state index in [0.717, 1.165) is 16.6 Å². The summed E-state index contributed by atoms with van der Waals surface area (Å²) in [7, 11) is 0. The lowest BCUT2D eigenvalue weighted by Gasteiger charge is -2.11. The third kappa shape index (κ3) is 3.48. The number of hydrogen-bond donors (Lipinski definition) is 2. The number of rotatable bonds is 3. The fraction of sp³-hybridized carbons (Fsp3) is 0.158. The van der Waals surface area contributed by atoms with Crippen LogP contribution in [-0.4, -0.2) is 11.0 Å². The van der Waals surface area contributed by atoms with Crippen molar-refractivity contribution in [1.82, 2.24) is 4.98 Å². The fourth-order valence-corrected chi connectivity index (χ4v) is 2.44. The number of fused-ring (bicyclic) bond motifs is 1. The Bertz CT molecular complexity index is 820. The number of amides is 2. The lowest BCUT2D eigenvalue weighted by molar-refractivity contribution is 0.262. The molecule has 1 aromatic heterocycles. The third-order valence-electron chi connectivity index (χ3n) is 3.72. The highest BCUT2D eigenvalue weighted by Crippen LogP contribution is 2.21. The average molecular weight is 305 g/mol. The number of hydrogen-bond acceptors (Lipinski definition) is 2. The average Bonchev–Trinajstić information content (AvgIpc) is 2.55. The number of benzene rings is 2. The second kappa shape index (κ2) is 6.48. The summed E-state index contributed by atoms with van der Waals surface area (Å²) in [5.41, 5.74) is 3.48. The molecule has 2 aromatic carbocycles. The molecule has 0 atom stereocenters. The molecule has 0 saturated carbocycles. The maximum Gasteiger partial charge on any atom is 0.323 e. The highest BCUT2D eigenvalue weighted by molar-refractivity contribution is 6.04. The lowest BCUT2D eigenvalue weighted by atomic mass is 10.0. The van der Waals surface area contributed by atoms with Gasteiger partial charge in [-0.05, 0) is 35.7 Å². The molecule has 0 aliphatic heterocycles. The molecule has 1 heterocycles. The number of nitrogens with one attached hydrogen (secondary N) is 2. The van der Waals surface area contributed by atoms with E-state index in [-0.39, 0.29) is 6.03 Å². The van der Waals surface area contributed by atoms with Crippen molar-refractivity contribution in [2.24, 2.45) is 0 Å². The van der Waals surface area contributed by atoms with Crippen molar-refractivity contribution in [2.75, 3.05) is 10.6 Å². The van der Waals surface area contributed by atoms with Crippen molar-refractivity contribution in [2.45, 2.75) is 19.8 Å². The van der Waals surface area contributed by atoms with Gasteiger partial charge >= 0.3 is 6.03 Å². The zero-order chi connectivity index (χ0) is 16.2. The predicted molar refractivity (Wildman–Crippen MR) is 94.9 cm³/mol. The highest BCUT2D eigenvalue weighted by atomic mass is 16.2. The SMILES string of the molecule is CC(C)c1ccc(NC(=O)Nc2cccc3cccnc23)cc1. The standard InChI is InChI=1S/C19H19N3O/c1-13(2)14-8-10-16(11-9-14)21-19(23)22-17-7-3-5-15-6-4-12-20-18(15)17/h3-13H,1-2H3,(H2,21,22,23). The first-order chi connectivity index (χ1) is 11.1. The molecule has 3 rings (SSSR count). The number of anilines is 2. The molecule has 4 nitrogen and oxygen atoms in total.